The molecule has 0 aromatic heterocycles. The Morgan fingerprint density at radius 2 is 1.13 bits per heavy atom. The van der Waals surface area contributed by atoms with E-state index in [4.69, 9.17) is 0 Å². The van der Waals surface area contributed by atoms with Gasteiger partial charge in [-0.25, -0.2) is 0 Å². The lowest BCUT2D eigenvalue weighted by atomic mass is 9.68. The average molecular weight is 208 g/mol. The molecule has 0 radical (unpaired) electrons. The van der Waals surface area contributed by atoms with Crippen LogP contribution in [0, 0.1) is 11.3 Å². The summed E-state index contributed by atoms with van der Waals surface area (Å²) >= 11 is 0. The summed E-state index contributed by atoms with van der Waals surface area (Å²) < 4.78 is 0. The normalized spacial score (nSPS) is 29.4. The van der Waals surface area contributed by atoms with Crippen LogP contribution in [-0.4, -0.2) is 0 Å². The van der Waals surface area contributed by atoms with Gasteiger partial charge in [0.1, 0.15) is 0 Å². The average Bonchev–Trinajstić information content (AvgIpc) is 2.60. The van der Waals surface area contributed by atoms with Gasteiger partial charge < -0.3 is 0 Å². The summed E-state index contributed by atoms with van der Waals surface area (Å²) in [5, 5.41) is 0. The first kappa shape index (κ1) is 11.5. The van der Waals surface area contributed by atoms with Crippen LogP contribution in [0.15, 0.2) is 0 Å². The molecule has 0 unspecified atom stereocenters. The van der Waals surface area contributed by atoms with Gasteiger partial charge in [0.15, 0.2) is 0 Å². The maximum absolute atomic E-state index is 2.61. The first-order valence-electron chi connectivity index (χ1n) is 7.31. The van der Waals surface area contributed by atoms with Gasteiger partial charge in [-0.2, -0.15) is 0 Å². The summed E-state index contributed by atoms with van der Waals surface area (Å²) in [5.74, 6) is 1.07. The minimum absolute atomic E-state index is 0.723. The van der Waals surface area contributed by atoms with E-state index >= 15 is 0 Å². The van der Waals surface area contributed by atoms with Crippen molar-refractivity contribution in [2.24, 2.45) is 11.3 Å². The van der Waals surface area contributed by atoms with E-state index in [2.05, 4.69) is 6.92 Å². The standard InChI is InChI=1S/C15H28/c1-15(12-8-4-5-9-13-15)14-10-6-2-3-7-11-14/h14H,2-13H2,1H3. The van der Waals surface area contributed by atoms with Crippen molar-refractivity contribution < 1.29 is 0 Å². The van der Waals surface area contributed by atoms with Crippen LogP contribution in [0.1, 0.15) is 84.0 Å². The summed E-state index contributed by atoms with van der Waals surface area (Å²) in [6, 6.07) is 0. The van der Waals surface area contributed by atoms with Crippen molar-refractivity contribution >= 4 is 0 Å². The molecule has 2 aliphatic rings. The summed E-state index contributed by atoms with van der Waals surface area (Å²) in [4.78, 5) is 0. The Labute approximate surface area is 95.8 Å². The Morgan fingerprint density at radius 3 is 1.67 bits per heavy atom. The van der Waals surface area contributed by atoms with Gasteiger partial charge in [0, 0.05) is 0 Å². The van der Waals surface area contributed by atoms with Crippen molar-refractivity contribution in [2.45, 2.75) is 84.0 Å². The lowest BCUT2D eigenvalue weighted by molar-refractivity contribution is 0.139. The van der Waals surface area contributed by atoms with E-state index in [9.17, 15) is 0 Å². The molecule has 0 atom stereocenters. The highest BCUT2D eigenvalue weighted by atomic mass is 14.4. The molecule has 15 heavy (non-hydrogen) atoms. The molecule has 0 nitrogen and oxygen atoms in total. The van der Waals surface area contributed by atoms with Crippen molar-refractivity contribution in [3.63, 3.8) is 0 Å². The summed E-state index contributed by atoms with van der Waals surface area (Å²) in [6.07, 6.45) is 18.2. The third-order valence-electron chi connectivity index (χ3n) is 5.09. The van der Waals surface area contributed by atoms with Crippen LogP contribution in [0.3, 0.4) is 0 Å². The highest BCUT2D eigenvalue weighted by Crippen LogP contribution is 2.46. The Balaban J connectivity index is 1.97. The molecule has 0 bridgehead atoms. The first-order valence-corrected chi connectivity index (χ1v) is 7.31. The van der Waals surface area contributed by atoms with Gasteiger partial charge in [-0.15, -0.1) is 0 Å². The Hall–Kier alpha value is 0. The van der Waals surface area contributed by atoms with Crippen LogP contribution in [0.5, 0.6) is 0 Å². The van der Waals surface area contributed by atoms with E-state index in [0.717, 1.165) is 11.3 Å². The summed E-state index contributed by atoms with van der Waals surface area (Å²) in [7, 11) is 0. The van der Waals surface area contributed by atoms with E-state index in [1.807, 2.05) is 0 Å². The molecular weight excluding hydrogens is 180 g/mol. The molecule has 0 aliphatic heterocycles. The van der Waals surface area contributed by atoms with Gasteiger partial charge in [-0.1, -0.05) is 58.3 Å². The van der Waals surface area contributed by atoms with Crippen LogP contribution in [0.2, 0.25) is 0 Å². The second-order valence-electron chi connectivity index (χ2n) is 6.26. The van der Waals surface area contributed by atoms with Crippen molar-refractivity contribution in [1.82, 2.24) is 0 Å². The van der Waals surface area contributed by atoms with E-state index in [1.165, 1.54) is 77.0 Å². The third-order valence-corrected chi connectivity index (χ3v) is 5.09. The quantitative estimate of drug-likeness (QED) is 0.512. The molecule has 0 aromatic rings. The summed E-state index contributed by atoms with van der Waals surface area (Å²) in [6.45, 7) is 2.61. The third kappa shape index (κ3) is 2.98. The molecule has 88 valence electrons. The molecule has 2 saturated carbocycles. The van der Waals surface area contributed by atoms with E-state index in [1.54, 1.807) is 0 Å². The van der Waals surface area contributed by atoms with Gasteiger partial charge in [0.25, 0.3) is 0 Å². The summed E-state index contributed by atoms with van der Waals surface area (Å²) in [5.41, 5.74) is 0.723. The molecule has 0 spiro atoms. The van der Waals surface area contributed by atoms with Crippen LogP contribution >= 0.6 is 0 Å². The second-order valence-corrected chi connectivity index (χ2v) is 6.26. The van der Waals surface area contributed by atoms with Crippen molar-refractivity contribution in [1.29, 1.82) is 0 Å². The van der Waals surface area contributed by atoms with Gasteiger partial charge in [0.2, 0.25) is 0 Å². The lowest BCUT2D eigenvalue weighted by Crippen LogP contribution is -2.26. The van der Waals surface area contributed by atoms with Crippen LogP contribution < -0.4 is 0 Å². The fourth-order valence-corrected chi connectivity index (χ4v) is 3.92. The zero-order chi connectivity index (χ0) is 10.6. The van der Waals surface area contributed by atoms with Crippen molar-refractivity contribution in [3.8, 4) is 0 Å². The minimum atomic E-state index is 0.723. The van der Waals surface area contributed by atoms with Crippen LogP contribution in [0.25, 0.3) is 0 Å². The SMILES string of the molecule is CC1(C2CCCCCC2)CCCCCC1. The van der Waals surface area contributed by atoms with Gasteiger partial charge in [-0.3, -0.25) is 0 Å². The molecule has 0 heteroatoms. The maximum Gasteiger partial charge on any atom is -0.0298 e. The van der Waals surface area contributed by atoms with E-state index in [0.29, 0.717) is 0 Å². The molecule has 0 N–H and O–H groups in total. The zero-order valence-electron chi connectivity index (χ0n) is 10.6. The maximum atomic E-state index is 2.61. The zero-order valence-corrected chi connectivity index (χ0v) is 10.6. The molecule has 0 amide bonds. The molecular formula is C15H28. The smallest absolute Gasteiger partial charge is 0.0298 e. The molecule has 0 aromatic carbocycles. The van der Waals surface area contributed by atoms with E-state index in [-0.39, 0.29) is 0 Å². The predicted molar refractivity (Wildman–Crippen MR) is 67.0 cm³/mol. The highest BCUT2D eigenvalue weighted by Gasteiger charge is 2.34. The van der Waals surface area contributed by atoms with Crippen LogP contribution in [-0.2, 0) is 0 Å². The van der Waals surface area contributed by atoms with Crippen LogP contribution in [0.4, 0.5) is 0 Å². The minimum Gasteiger partial charge on any atom is -0.0594 e. The number of rotatable bonds is 1. The fourth-order valence-electron chi connectivity index (χ4n) is 3.92. The lowest BCUT2D eigenvalue weighted by Gasteiger charge is -2.37. The van der Waals surface area contributed by atoms with Gasteiger partial charge in [0.05, 0.1) is 0 Å². The van der Waals surface area contributed by atoms with Crippen molar-refractivity contribution in [3.05, 3.63) is 0 Å². The second kappa shape index (κ2) is 5.37. The number of hydrogen-bond donors (Lipinski definition) is 0. The largest absolute Gasteiger partial charge is 0.0594 e. The topological polar surface area (TPSA) is 0 Å². The molecule has 0 saturated heterocycles. The van der Waals surface area contributed by atoms with E-state index < -0.39 is 0 Å². The molecule has 2 fully saturated rings. The van der Waals surface area contributed by atoms with Crippen molar-refractivity contribution in [2.75, 3.05) is 0 Å². The Morgan fingerprint density at radius 1 is 0.667 bits per heavy atom. The fraction of sp³-hybridized carbons (Fsp3) is 1.00. The Bertz CT molecular complexity index is 166. The molecule has 0 heterocycles. The monoisotopic (exact) mass is 208 g/mol. The van der Waals surface area contributed by atoms with Gasteiger partial charge in [-0.05, 0) is 37.0 Å². The highest BCUT2D eigenvalue weighted by molar-refractivity contribution is 4.85. The first-order chi connectivity index (χ1) is 7.31. The predicted octanol–water partition coefficient (Wildman–Crippen LogP) is 5.32. The Kier molecular flexibility index (Phi) is 4.11. The molecule has 2 rings (SSSR count). The molecule has 2 aliphatic carbocycles. The number of hydrogen-bond acceptors (Lipinski definition) is 0. The van der Waals surface area contributed by atoms with Gasteiger partial charge >= 0.3 is 0 Å².